The Balaban J connectivity index is 2.05. The molecule has 6 heteroatoms. The monoisotopic (exact) mass is 311 g/mol. The van der Waals surface area contributed by atoms with Gasteiger partial charge in [0, 0.05) is 12.6 Å². The lowest BCUT2D eigenvalue weighted by molar-refractivity contribution is 0.0955. The Bertz CT molecular complexity index is 590. The lowest BCUT2D eigenvalue weighted by Gasteiger charge is -2.09. The van der Waals surface area contributed by atoms with Crippen LogP contribution in [-0.4, -0.2) is 20.1 Å². The summed E-state index contributed by atoms with van der Waals surface area (Å²) in [4.78, 5) is 12.5. The zero-order valence-corrected chi connectivity index (χ0v) is 12.7. The van der Waals surface area contributed by atoms with Crippen LogP contribution in [0.15, 0.2) is 30.3 Å². The van der Waals surface area contributed by atoms with Gasteiger partial charge in [-0.25, -0.2) is 0 Å². The minimum absolute atomic E-state index is 0.149. The molecule has 0 saturated heterocycles. The van der Waals surface area contributed by atoms with Crippen LogP contribution in [0.5, 0.6) is 11.5 Å². The summed E-state index contributed by atoms with van der Waals surface area (Å²) >= 11 is 7.06. The van der Waals surface area contributed by atoms with Gasteiger partial charge < -0.3 is 14.8 Å². The summed E-state index contributed by atoms with van der Waals surface area (Å²) < 4.78 is 11.0. The van der Waals surface area contributed by atoms with Gasteiger partial charge >= 0.3 is 0 Å². The van der Waals surface area contributed by atoms with Crippen molar-refractivity contribution < 1.29 is 14.3 Å². The zero-order valence-electron chi connectivity index (χ0n) is 11.1. The molecule has 0 saturated carbocycles. The predicted molar refractivity (Wildman–Crippen MR) is 80.0 cm³/mol. The van der Waals surface area contributed by atoms with Crippen LogP contribution in [0.4, 0.5) is 0 Å². The Morgan fingerprint density at radius 3 is 2.35 bits per heavy atom. The predicted octanol–water partition coefficient (Wildman–Crippen LogP) is 3.35. The molecule has 1 amide bonds. The van der Waals surface area contributed by atoms with Crippen molar-refractivity contribution in [3.8, 4) is 11.5 Å². The van der Waals surface area contributed by atoms with Crippen LogP contribution in [0, 0.1) is 0 Å². The van der Waals surface area contributed by atoms with Crippen LogP contribution in [0.2, 0.25) is 4.34 Å². The maximum Gasteiger partial charge on any atom is 0.261 e. The third-order valence-electron chi connectivity index (χ3n) is 2.66. The second-order valence-electron chi connectivity index (χ2n) is 4.01. The SMILES string of the molecule is COc1cc(CNC(=O)c2ccc(Cl)s2)cc(OC)c1. The van der Waals surface area contributed by atoms with E-state index in [1.165, 1.54) is 11.3 Å². The highest BCUT2D eigenvalue weighted by Crippen LogP contribution is 2.23. The third-order valence-corrected chi connectivity index (χ3v) is 3.89. The number of thiophene rings is 1. The molecule has 0 aliphatic rings. The summed E-state index contributed by atoms with van der Waals surface area (Å²) in [7, 11) is 3.18. The molecule has 0 bridgehead atoms. The Kier molecular flexibility index (Phi) is 4.87. The number of hydrogen-bond donors (Lipinski definition) is 1. The van der Waals surface area contributed by atoms with E-state index in [0.29, 0.717) is 27.3 Å². The van der Waals surface area contributed by atoms with Gasteiger partial charge in [-0.15, -0.1) is 11.3 Å². The molecule has 0 aliphatic heterocycles. The van der Waals surface area contributed by atoms with Crippen molar-refractivity contribution in [3.63, 3.8) is 0 Å². The van der Waals surface area contributed by atoms with Crippen LogP contribution in [0.3, 0.4) is 0 Å². The number of methoxy groups -OCH3 is 2. The molecule has 0 unspecified atom stereocenters. The number of hydrogen-bond acceptors (Lipinski definition) is 4. The highest BCUT2D eigenvalue weighted by molar-refractivity contribution is 7.17. The highest BCUT2D eigenvalue weighted by atomic mass is 35.5. The summed E-state index contributed by atoms with van der Waals surface area (Å²) in [6.07, 6.45) is 0. The number of rotatable bonds is 5. The topological polar surface area (TPSA) is 47.6 Å². The summed E-state index contributed by atoms with van der Waals surface area (Å²) in [5.74, 6) is 1.23. The fraction of sp³-hybridized carbons (Fsp3) is 0.214. The molecule has 2 aromatic rings. The minimum atomic E-state index is -0.149. The smallest absolute Gasteiger partial charge is 0.261 e. The summed E-state index contributed by atoms with van der Waals surface area (Å²) in [5, 5.41) is 2.83. The summed E-state index contributed by atoms with van der Waals surface area (Å²) in [6, 6.07) is 8.89. The molecule has 0 atom stereocenters. The van der Waals surface area contributed by atoms with Crippen LogP contribution < -0.4 is 14.8 Å². The number of carbonyl (C=O) groups is 1. The summed E-state index contributed by atoms with van der Waals surface area (Å²) in [5.41, 5.74) is 0.900. The molecule has 2 rings (SSSR count). The lowest BCUT2D eigenvalue weighted by Crippen LogP contribution is -2.21. The highest BCUT2D eigenvalue weighted by Gasteiger charge is 2.09. The van der Waals surface area contributed by atoms with Gasteiger partial charge in [-0.3, -0.25) is 4.79 Å². The standard InChI is InChI=1S/C14H14ClNO3S/c1-18-10-5-9(6-11(7-10)19-2)8-16-14(17)12-3-4-13(15)20-12/h3-7H,8H2,1-2H3,(H,16,17). The second-order valence-corrected chi connectivity index (χ2v) is 5.72. The van der Waals surface area contributed by atoms with Crippen LogP contribution >= 0.6 is 22.9 Å². The maximum atomic E-state index is 11.9. The van der Waals surface area contributed by atoms with E-state index in [1.54, 1.807) is 32.4 Å². The molecule has 4 nitrogen and oxygen atoms in total. The van der Waals surface area contributed by atoms with Gasteiger partial charge in [0.05, 0.1) is 23.4 Å². The van der Waals surface area contributed by atoms with E-state index in [-0.39, 0.29) is 5.91 Å². The van der Waals surface area contributed by atoms with Gasteiger partial charge in [-0.05, 0) is 29.8 Å². The molecular weight excluding hydrogens is 298 g/mol. The average Bonchev–Trinajstić information content (AvgIpc) is 2.91. The van der Waals surface area contributed by atoms with Crippen molar-refractivity contribution in [1.29, 1.82) is 0 Å². The lowest BCUT2D eigenvalue weighted by atomic mass is 10.2. The quantitative estimate of drug-likeness (QED) is 0.921. The fourth-order valence-electron chi connectivity index (χ4n) is 1.67. The Hall–Kier alpha value is -1.72. The van der Waals surface area contributed by atoms with Gasteiger partial charge in [0.25, 0.3) is 5.91 Å². The van der Waals surface area contributed by atoms with E-state index in [9.17, 15) is 4.79 Å². The molecule has 0 aliphatic carbocycles. The molecule has 1 N–H and O–H groups in total. The molecule has 1 heterocycles. The Morgan fingerprint density at radius 2 is 1.85 bits per heavy atom. The third kappa shape index (κ3) is 3.65. The van der Waals surface area contributed by atoms with Gasteiger partial charge in [0.2, 0.25) is 0 Å². The van der Waals surface area contributed by atoms with Gasteiger partial charge in [-0.2, -0.15) is 0 Å². The van der Waals surface area contributed by atoms with E-state index in [4.69, 9.17) is 21.1 Å². The molecule has 106 valence electrons. The van der Waals surface area contributed by atoms with Gasteiger partial charge in [0.15, 0.2) is 0 Å². The molecule has 0 fully saturated rings. The molecule has 0 spiro atoms. The normalized spacial score (nSPS) is 10.2. The number of amides is 1. The van der Waals surface area contributed by atoms with Gasteiger partial charge in [0.1, 0.15) is 11.5 Å². The number of carbonyl (C=O) groups excluding carboxylic acids is 1. The average molecular weight is 312 g/mol. The number of halogens is 1. The second kappa shape index (κ2) is 6.63. The first-order chi connectivity index (χ1) is 9.62. The molecular formula is C14H14ClNO3S. The molecule has 1 aromatic carbocycles. The largest absolute Gasteiger partial charge is 0.497 e. The van der Waals surface area contributed by atoms with Crippen molar-refractivity contribution in [1.82, 2.24) is 5.32 Å². The Labute approximate surface area is 126 Å². The van der Waals surface area contributed by atoms with Gasteiger partial charge in [-0.1, -0.05) is 11.6 Å². The number of ether oxygens (including phenoxy) is 2. The van der Waals surface area contributed by atoms with Crippen LogP contribution in [-0.2, 0) is 6.54 Å². The number of nitrogens with one attached hydrogen (secondary N) is 1. The molecule has 0 radical (unpaired) electrons. The van der Waals surface area contributed by atoms with Crippen molar-refractivity contribution in [3.05, 3.63) is 45.1 Å². The van der Waals surface area contributed by atoms with E-state index < -0.39 is 0 Å². The van der Waals surface area contributed by atoms with Crippen molar-refractivity contribution in [2.24, 2.45) is 0 Å². The first-order valence-corrected chi connectivity index (χ1v) is 7.07. The van der Waals surface area contributed by atoms with E-state index in [0.717, 1.165) is 5.56 Å². The van der Waals surface area contributed by atoms with E-state index in [2.05, 4.69) is 5.32 Å². The fourth-order valence-corrected chi connectivity index (χ4v) is 2.63. The maximum absolute atomic E-state index is 11.9. The number of benzene rings is 1. The van der Waals surface area contributed by atoms with Crippen molar-refractivity contribution >= 4 is 28.8 Å². The van der Waals surface area contributed by atoms with Crippen LogP contribution in [0.25, 0.3) is 0 Å². The van der Waals surface area contributed by atoms with Crippen LogP contribution in [0.1, 0.15) is 15.2 Å². The first kappa shape index (κ1) is 14.7. The van der Waals surface area contributed by atoms with E-state index in [1.807, 2.05) is 12.1 Å². The van der Waals surface area contributed by atoms with Crippen molar-refractivity contribution in [2.75, 3.05) is 14.2 Å². The zero-order chi connectivity index (χ0) is 14.5. The minimum Gasteiger partial charge on any atom is -0.497 e. The molecule has 1 aromatic heterocycles. The molecule has 20 heavy (non-hydrogen) atoms. The Morgan fingerprint density at radius 1 is 1.20 bits per heavy atom. The summed E-state index contributed by atoms with van der Waals surface area (Å²) in [6.45, 7) is 0.391. The first-order valence-electron chi connectivity index (χ1n) is 5.88. The van der Waals surface area contributed by atoms with Crippen molar-refractivity contribution in [2.45, 2.75) is 6.54 Å². The van der Waals surface area contributed by atoms with E-state index >= 15 is 0 Å².